The minimum Gasteiger partial charge on any atom is -0.388 e. The van der Waals surface area contributed by atoms with Crippen molar-refractivity contribution in [2.75, 3.05) is 32.7 Å². The van der Waals surface area contributed by atoms with Gasteiger partial charge in [-0.2, -0.15) is 0 Å². The first-order chi connectivity index (χ1) is 13.4. The highest BCUT2D eigenvalue weighted by atomic mass is 16.3. The summed E-state index contributed by atoms with van der Waals surface area (Å²) in [6.45, 7) is 5.56. The molecule has 6 heteroatoms. The molecule has 2 N–H and O–H groups in total. The predicted octanol–water partition coefficient (Wildman–Crippen LogP) is 2.30. The first-order valence-electron chi connectivity index (χ1n) is 11.4. The standard InChI is InChI=1S/C22H39N3O3/c1-18(26)23-20-8-13-24(14-9-20)17-22(28)10-5-12-25(15-11-22)21(27)16-19-6-3-2-4-7-19/h19-20,28H,2-17H2,1H3,(H,23,26). The summed E-state index contributed by atoms with van der Waals surface area (Å²) in [6.07, 6.45) is 11.2. The van der Waals surface area contributed by atoms with Crippen molar-refractivity contribution in [3.8, 4) is 0 Å². The third-order valence-electron chi connectivity index (χ3n) is 6.97. The van der Waals surface area contributed by atoms with Gasteiger partial charge in [0.05, 0.1) is 5.60 Å². The Hall–Kier alpha value is -1.14. The Morgan fingerprint density at radius 1 is 0.964 bits per heavy atom. The fraction of sp³-hybridized carbons (Fsp3) is 0.909. The van der Waals surface area contributed by atoms with Gasteiger partial charge in [0.25, 0.3) is 0 Å². The van der Waals surface area contributed by atoms with E-state index in [1.54, 1.807) is 6.92 Å². The quantitative estimate of drug-likeness (QED) is 0.752. The molecule has 1 aliphatic carbocycles. The molecular formula is C22H39N3O3. The number of piperidine rings is 1. The Labute approximate surface area is 170 Å². The maximum absolute atomic E-state index is 12.7. The van der Waals surface area contributed by atoms with Crippen molar-refractivity contribution >= 4 is 11.8 Å². The highest BCUT2D eigenvalue weighted by molar-refractivity contribution is 5.76. The molecule has 1 unspecified atom stereocenters. The summed E-state index contributed by atoms with van der Waals surface area (Å²) in [5.41, 5.74) is -0.694. The van der Waals surface area contributed by atoms with Gasteiger partial charge in [0.1, 0.15) is 0 Å². The van der Waals surface area contributed by atoms with Gasteiger partial charge in [-0.1, -0.05) is 19.3 Å². The number of carbonyl (C=O) groups excluding carboxylic acids is 2. The van der Waals surface area contributed by atoms with Crippen LogP contribution in [0.1, 0.15) is 77.6 Å². The molecule has 3 rings (SSSR count). The van der Waals surface area contributed by atoms with E-state index in [1.165, 1.54) is 32.1 Å². The van der Waals surface area contributed by atoms with E-state index in [2.05, 4.69) is 10.2 Å². The minimum absolute atomic E-state index is 0.0406. The van der Waals surface area contributed by atoms with Crippen LogP contribution in [-0.2, 0) is 9.59 Å². The van der Waals surface area contributed by atoms with Crippen LogP contribution in [0.2, 0.25) is 0 Å². The SMILES string of the molecule is CC(=O)NC1CCN(CC2(O)CCCN(C(=O)CC3CCCCC3)CC2)CC1. The summed E-state index contributed by atoms with van der Waals surface area (Å²) in [5.74, 6) is 0.916. The van der Waals surface area contributed by atoms with Crippen LogP contribution >= 0.6 is 0 Å². The van der Waals surface area contributed by atoms with Gasteiger partial charge in [0.2, 0.25) is 11.8 Å². The molecule has 2 amide bonds. The molecule has 28 heavy (non-hydrogen) atoms. The van der Waals surface area contributed by atoms with Crippen LogP contribution in [-0.4, -0.2) is 71.1 Å². The molecule has 0 bridgehead atoms. The Balaban J connectivity index is 1.43. The molecule has 0 aromatic rings. The number of rotatable bonds is 5. The number of likely N-dealkylation sites (tertiary alicyclic amines) is 2. The second-order valence-corrected chi connectivity index (χ2v) is 9.42. The zero-order valence-electron chi connectivity index (χ0n) is 17.6. The predicted molar refractivity (Wildman–Crippen MR) is 110 cm³/mol. The fourth-order valence-electron chi connectivity index (χ4n) is 5.29. The topological polar surface area (TPSA) is 72.9 Å². The zero-order valence-corrected chi connectivity index (χ0v) is 17.6. The molecule has 0 radical (unpaired) electrons. The molecule has 1 saturated carbocycles. The number of β-amino-alcohol motifs (C(OH)–C–C–N with tert-alkyl or cyclic N) is 1. The van der Waals surface area contributed by atoms with Crippen LogP contribution in [0.15, 0.2) is 0 Å². The van der Waals surface area contributed by atoms with Gasteiger partial charge in [-0.15, -0.1) is 0 Å². The summed E-state index contributed by atoms with van der Waals surface area (Å²) in [5, 5.41) is 14.2. The number of aliphatic hydroxyl groups is 1. The average molecular weight is 394 g/mol. The maximum Gasteiger partial charge on any atom is 0.222 e. The first kappa shape index (κ1) is 21.6. The van der Waals surface area contributed by atoms with Crippen LogP contribution in [0.4, 0.5) is 0 Å². The Bertz CT molecular complexity index is 527. The normalized spacial score (nSPS) is 28.7. The number of amides is 2. The average Bonchev–Trinajstić information content (AvgIpc) is 2.86. The lowest BCUT2D eigenvalue weighted by atomic mass is 9.86. The molecule has 3 fully saturated rings. The van der Waals surface area contributed by atoms with Crippen molar-refractivity contribution in [1.82, 2.24) is 15.1 Å². The van der Waals surface area contributed by atoms with Gasteiger partial charge in [-0.25, -0.2) is 0 Å². The lowest BCUT2D eigenvalue weighted by Gasteiger charge is -2.38. The Morgan fingerprint density at radius 2 is 1.68 bits per heavy atom. The molecule has 3 aliphatic rings. The van der Waals surface area contributed by atoms with E-state index in [0.29, 0.717) is 37.8 Å². The van der Waals surface area contributed by atoms with E-state index >= 15 is 0 Å². The van der Waals surface area contributed by atoms with Gasteiger partial charge < -0.3 is 20.2 Å². The number of nitrogens with zero attached hydrogens (tertiary/aromatic N) is 2. The van der Waals surface area contributed by atoms with Crippen molar-refractivity contribution in [3.05, 3.63) is 0 Å². The summed E-state index contributed by atoms with van der Waals surface area (Å²) in [6, 6.07) is 0.269. The highest BCUT2D eigenvalue weighted by Gasteiger charge is 2.34. The highest BCUT2D eigenvalue weighted by Crippen LogP contribution is 2.29. The van der Waals surface area contributed by atoms with Crippen LogP contribution in [0, 0.1) is 5.92 Å². The summed E-state index contributed by atoms with van der Waals surface area (Å²) < 4.78 is 0. The van der Waals surface area contributed by atoms with E-state index in [0.717, 1.165) is 45.3 Å². The smallest absolute Gasteiger partial charge is 0.222 e. The third kappa shape index (κ3) is 6.45. The largest absolute Gasteiger partial charge is 0.388 e. The molecule has 6 nitrogen and oxygen atoms in total. The molecule has 0 aromatic carbocycles. The second-order valence-electron chi connectivity index (χ2n) is 9.42. The Kier molecular flexibility index (Phi) is 7.75. The van der Waals surface area contributed by atoms with Crippen LogP contribution < -0.4 is 5.32 Å². The monoisotopic (exact) mass is 393 g/mol. The molecular weight excluding hydrogens is 354 g/mol. The van der Waals surface area contributed by atoms with E-state index < -0.39 is 5.60 Å². The summed E-state index contributed by atoms with van der Waals surface area (Å²) in [7, 11) is 0. The molecule has 1 atom stereocenters. The van der Waals surface area contributed by atoms with E-state index in [-0.39, 0.29) is 11.9 Å². The van der Waals surface area contributed by atoms with Crippen molar-refractivity contribution in [3.63, 3.8) is 0 Å². The number of nitrogens with one attached hydrogen (secondary N) is 1. The van der Waals surface area contributed by atoms with Gasteiger partial charge in [-0.3, -0.25) is 9.59 Å². The van der Waals surface area contributed by atoms with Gasteiger partial charge in [0, 0.05) is 52.1 Å². The van der Waals surface area contributed by atoms with Gasteiger partial charge >= 0.3 is 0 Å². The number of hydrogen-bond acceptors (Lipinski definition) is 4. The molecule has 2 aliphatic heterocycles. The van der Waals surface area contributed by atoms with Crippen molar-refractivity contribution < 1.29 is 14.7 Å². The second kappa shape index (κ2) is 10.1. The van der Waals surface area contributed by atoms with E-state index in [9.17, 15) is 14.7 Å². The lowest BCUT2D eigenvalue weighted by Crippen LogP contribution is -2.50. The first-order valence-corrected chi connectivity index (χ1v) is 11.4. The molecule has 0 aromatic heterocycles. The van der Waals surface area contributed by atoms with Crippen molar-refractivity contribution in [1.29, 1.82) is 0 Å². The Morgan fingerprint density at radius 3 is 2.36 bits per heavy atom. The molecule has 2 saturated heterocycles. The van der Waals surface area contributed by atoms with E-state index in [4.69, 9.17) is 0 Å². The number of carbonyl (C=O) groups is 2. The summed E-state index contributed by atoms with van der Waals surface area (Å²) in [4.78, 5) is 28.3. The third-order valence-corrected chi connectivity index (χ3v) is 6.97. The van der Waals surface area contributed by atoms with Crippen molar-refractivity contribution in [2.45, 2.75) is 89.2 Å². The van der Waals surface area contributed by atoms with Crippen LogP contribution in [0.3, 0.4) is 0 Å². The molecule has 160 valence electrons. The van der Waals surface area contributed by atoms with Gasteiger partial charge in [0.15, 0.2) is 0 Å². The van der Waals surface area contributed by atoms with E-state index in [1.807, 2.05) is 4.90 Å². The maximum atomic E-state index is 12.7. The van der Waals surface area contributed by atoms with Crippen LogP contribution in [0.25, 0.3) is 0 Å². The van der Waals surface area contributed by atoms with Gasteiger partial charge in [-0.05, 0) is 50.9 Å². The zero-order chi connectivity index (χ0) is 20.0. The minimum atomic E-state index is -0.694. The lowest BCUT2D eigenvalue weighted by molar-refractivity contribution is -0.132. The molecule has 0 spiro atoms. The fourth-order valence-corrected chi connectivity index (χ4v) is 5.29. The molecule has 2 heterocycles. The summed E-state index contributed by atoms with van der Waals surface area (Å²) >= 11 is 0. The van der Waals surface area contributed by atoms with Crippen LogP contribution in [0.5, 0.6) is 0 Å². The van der Waals surface area contributed by atoms with Crippen molar-refractivity contribution in [2.24, 2.45) is 5.92 Å². The number of hydrogen-bond donors (Lipinski definition) is 2.